The maximum atomic E-state index is 12.3. The molecule has 0 aliphatic carbocycles. The van der Waals surface area contributed by atoms with Crippen molar-refractivity contribution in [1.82, 2.24) is 14.8 Å². The van der Waals surface area contributed by atoms with E-state index in [0.717, 1.165) is 34.8 Å². The highest BCUT2D eigenvalue weighted by molar-refractivity contribution is 7.17. The van der Waals surface area contributed by atoms with Crippen LogP contribution in [0.3, 0.4) is 0 Å². The van der Waals surface area contributed by atoms with Crippen molar-refractivity contribution in [2.75, 3.05) is 12.4 Å². The molecule has 1 amide bonds. The topological polar surface area (TPSA) is 86.1 Å². The summed E-state index contributed by atoms with van der Waals surface area (Å²) in [5, 5.41) is 7.61. The number of hydrogen-bond donors (Lipinski definition) is 1. The molecule has 7 nitrogen and oxygen atoms in total. The number of nitrogens with zero attached hydrogens (tertiary/aromatic N) is 3. The lowest BCUT2D eigenvalue weighted by Crippen LogP contribution is -2.15. The second kappa shape index (κ2) is 7.57. The van der Waals surface area contributed by atoms with Gasteiger partial charge in [0, 0.05) is 17.8 Å². The summed E-state index contributed by atoms with van der Waals surface area (Å²) >= 11 is 1.09. The Bertz CT molecular complexity index is 749. The zero-order valence-electron chi connectivity index (χ0n) is 14.5. The molecule has 2 heterocycles. The van der Waals surface area contributed by atoms with Gasteiger partial charge >= 0.3 is 5.97 Å². The Hall–Kier alpha value is -2.22. The minimum Gasteiger partial charge on any atom is -0.465 e. The zero-order valence-corrected chi connectivity index (χ0v) is 15.4. The minimum absolute atomic E-state index is 0.184. The fraction of sp³-hybridized carbons (Fsp3) is 0.500. The number of rotatable bonds is 6. The Morgan fingerprint density at radius 3 is 2.71 bits per heavy atom. The predicted octanol–water partition coefficient (Wildman–Crippen LogP) is 2.58. The molecular formula is C16H22N4O3S. The number of nitrogens with one attached hydrogen (secondary N) is 1. The molecule has 0 saturated carbocycles. The quantitative estimate of drug-likeness (QED) is 0.809. The van der Waals surface area contributed by atoms with E-state index in [0.29, 0.717) is 15.9 Å². The van der Waals surface area contributed by atoms with Crippen molar-refractivity contribution >= 4 is 28.3 Å². The van der Waals surface area contributed by atoms with Gasteiger partial charge in [-0.3, -0.25) is 9.48 Å². The van der Waals surface area contributed by atoms with Gasteiger partial charge in [-0.15, -0.1) is 0 Å². The van der Waals surface area contributed by atoms with Crippen LogP contribution in [0.1, 0.15) is 40.5 Å². The van der Waals surface area contributed by atoms with Crippen LogP contribution in [0.5, 0.6) is 0 Å². The number of amides is 1. The summed E-state index contributed by atoms with van der Waals surface area (Å²) in [5.41, 5.74) is 2.79. The van der Waals surface area contributed by atoms with Crippen molar-refractivity contribution in [3.63, 3.8) is 0 Å². The van der Waals surface area contributed by atoms with Gasteiger partial charge in [0.1, 0.15) is 4.88 Å². The first-order valence-electron chi connectivity index (χ1n) is 7.68. The first kappa shape index (κ1) is 18.1. The van der Waals surface area contributed by atoms with E-state index < -0.39 is 5.97 Å². The van der Waals surface area contributed by atoms with Crippen molar-refractivity contribution in [2.45, 2.75) is 40.7 Å². The standard InChI is InChI=1S/C16H22N4O3S/c1-9(2)8-20-11(4)12(10(3)19-20)6-14(21)18-16-17-7-13(24-16)15(22)23-5/h7,9H,6,8H2,1-5H3,(H,17,18,21). The summed E-state index contributed by atoms with van der Waals surface area (Å²) in [4.78, 5) is 28.0. The van der Waals surface area contributed by atoms with Crippen LogP contribution in [0.15, 0.2) is 6.20 Å². The van der Waals surface area contributed by atoms with Crippen molar-refractivity contribution in [3.05, 3.63) is 28.0 Å². The van der Waals surface area contributed by atoms with E-state index in [-0.39, 0.29) is 12.3 Å². The molecule has 0 radical (unpaired) electrons. The van der Waals surface area contributed by atoms with E-state index in [9.17, 15) is 9.59 Å². The molecule has 0 unspecified atom stereocenters. The van der Waals surface area contributed by atoms with Gasteiger partial charge in [0.25, 0.3) is 0 Å². The molecule has 0 aliphatic heterocycles. The largest absolute Gasteiger partial charge is 0.465 e. The maximum absolute atomic E-state index is 12.3. The van der Waals surface area contributed by atoms with E-state index in [4.69, 9.17) is 0 Å². The fourth-order valence-corrected chi connectivity index (χ4v) is 3.12. The van der Waals surface area contributed by atoms with Crippen LogP contribution in [-0.2, 0) is 22.5 Å². The predicted molar refractivity (Wildman–Crippen MR) is 92.3 cm³/mol. The van der Waals surface area contributed by atoms with Crippen LogP contribution in [0, 0.1) is 19.8 Å². The number of aromatic nitrogens is 3. The van der Waals surface area contributed by atoms with Gasteiger partial charge in [-0.25, -0.2) is 9.78 Å². The third-order valence-electron chi connectivity index (χ3n) is 3.55. The Morgan fingerprint density at radius 2 is 2.08 bits per heavy atom. The highest BCUT2D eigenvalue weighted by Crippen LogP contribution is 2.20. The molecule has 2 aromatic rings. The van der Waals surface area contributed by atoms with Gasteiger partial charge in [0.2, 0.25) is 5.91 Å². The van der Waals surface area contributed by atoms with Crippen molar-refractivity contribution in [2.24, 2.45) is 5.92 Å². The molecule has 8 heteroatoms. The average molecular weight is 350 g/mol. The minimum atomic E-state index is -0.463. The summed E-state index contributed by atoms with van der Waals surface area (Å²) < 4.78 is 6.57. The molecule has 0 bridgehead atoms. The Balaban J connectivity index is 2.06. The fourth-order valence-electron chi connectivity index (χ4n) is 2.36. The third kappa shape index (κ3) is 4.19. The second-order valence-electron chi connectivity index (χ2n) is 5.97. The number of carbonyl (C=O) groups excluding carboxylic acids is 2. The van der Waals surface area contributed by atoms with Gasteiger partial charge in [0.05, 0.1) is 25.4 Å². The molecule has 0 atom stereocenters. The van der Waals surface area contributed by atoms with E-state index in [1.165, 1.54) is 13.3 Å². The molecule has 0 saturated heterocycles. The monoisotopic (exact) mass is 350 g/mol. The van der Waals surface area contributed by atoms with Crippen LogP contribution in [0.2, 0.25) is 0 Å². The maximum Gasteiger partial charge on any atom is 0.349 e. The molecule has 0 aliphatic rings. The number of esters is 1. The van der Waals surface area contributed by atoms with Gasteiger partial charge in [-0.1, -0.05) is 25.2 Å². The van der Waals surface area contributed by atoms with Crippen LogP contribution >= 0.6 is 11.3 Å². The number of aryl methyl sites for hydroxylation is 1. The first-order chi connectivity index (χ1) is 11.3. The molecule has 0 aromatic carbocycles. The number of hydrogen-bond acceptors (Lipinski definition) is 6. The van der Waals surface area contributed by atoms with Crippen molar-refractivity contribution in [3.8, 4) is 0 Å². The van der Waals surface area contributed by atoms with E-state index in [1.54, 1.807) is 0 Å². The summed E-state index contributed by atoms with van der Waals surface area (Å²) in [6, 6.07) is 0. The Morgan fingerprint density at radius 1 is 1.38 bits per heavy atom. The molecule has 0 fully saturated rings. The van der Waals surface area contributed by atoms with Crippen LogP contribution in [0.4, 0.5) is 5.13 Å². The molecule has 1 N–H and O–H groups in total. The number of methoxy groups -OCH3 is 1. The molecular weight excluding hydrogens is 328 g/mol. The average Bonchev–Trinajstić information content (AvgIpc) is 3.06. The highest BCUT2D eigenvalue weighted by atomic mass is 32.1. The normalized spacial score (nSPS) is 10.9. The molecule has 2 rings (SSSR count). The van der Waals surface area contributed by atoms with Crippen LogP contribution in [-0.4, -0.2) is 33.8 Å². The summed E-state index contributed by atoms with van der Waals surface area (Å²) in [7, 11) is 1.31. The summed E-state index contributed by atoms with van der Waals surface area (Å²) in [5.74, 6) is -0.164. The first-order valence-corrected chi connectivity index (χ1v) is 8.50. The number of carbonyl (C=O) groups is 2. The Labute approximate surface area is 145 Å². The number of ether oxygens (including phenoxy) is 1. The Kier molecular flexibility index (Phi) is 5.71. The zero-order chi connectivity index (χ0) is 17.9. The van der Waals surface area contributed by atoms with E-state index in [1.807, 2.05) is 18.5 Å². The lowest BCUT2D eigenvalue weighted by atomic mass is 10.1. The second-order valence-corrected chi connectivity index (χ2v) is 7.00. The van der Waals surface area contributed by atoms with Crippen LogP contribution < -0.4 is 5.32 Å². The summed E-state index contributed by atoms with van der Waals surface area (Å²) in [6.07, 6.45) is 1.62. The van der Waals surface area contributed by atoms with Gasteiger partial charge in [-0.2, -0.15) is 5.10 Å². The van der Waals surface area contributed by atoms with Crippen LogP contribution in [0.25, 0.3) is 0 Å². The van der Waals surface area contributed by atoms with Crippen molar-refractivity contribution < 1.29 is 14.3 Å². The van der Waals surface area contributed by atoms with Gasteiger partial charge in [-0.05, 0) is 19.8 Å². The lowest BCUT2D eigenvalue weighted by Gasteiger charge is -2.08. The number of anilines is 1. The molecule has 24 heavy (non-hydrogen) atoms. The lowest BCUT2D eigenvalue weighted by molar-refractivity contribution is -0.115. The molecule has 2 aromatic heterocycles. The SMILES string of the molecule is COC(=O)c1cnc(NC(=O)Cc2c(C)nn(CC(C)C)c2C)s1. The van der Waals surface area contributed by atoms with Gasteiger partial charge in [0.15, 0.2) is 5.13 Å². The third-order valence-corrected chi connectivity index (χ3v) is 4.44. The van der Waals surface area contributed by atoms with E-state index in [2.05, 4.69) is 34.0 Å². The van der Waals surface area contributed by atoms with Gasteiger partial charge < -0.3 is 10.1 Å². The van der Waals surface area contributed by atoms with E-state index >= 15 is 0 Å². The highest BCUT2D eigenvalue weighted by Gasteiger charge is 2.17. The molecule has 130 valence electrons. The molecule has 0 spiro atoms. The smallest absolute Gasteiger partial charge is 0.349 e. The number of thiazole rings is 1. The van der Waals surface area contributed by atoms with Crippen molar-refractivity contribution in [1.29, 1.82) is 0 Å². The summed E-state index contributed by atoms with van der Waals surface area (Å²) in [6.45, 7) is 8.96.